The number of hydrogen-bond donors (Lipinski definition) is 1. The quantitative estimate of drug-likeness (QED) is 0.891. The molecule has 0 atom stereocenters. The van der Waals surface area contributed by atoms with Gasteiger partial charge in [-0.1, -0.05) is 30.3 Å². The number of ether oxygens (including phenoxy) is 2. The molecule has 2 aromatic carbocycles. The number of phenols is 1. The highest BCUT2D eigenvalue weighted by Crippen LogP contribution is 2.15. The van der Waals surface area contributed by atoms with Gasteiger partial charge in [-0.25, -0.2) is 4.79 Å². The molecule has 116 valence electrons. The Morgan fingerprint density at radius 2 is 1.77 bits per heavy atom. The number of carbonyl (C=O) groups is 1. The van der Waals surface area contributed by atoms with Crippen molar-refractivity contribution in [1.29, 1.82) is 0 Å². The van der Waals surface area contributed by atoms with E-state index in [1.807, 2.05) is 30.3 Å². The van der Waals surface area contributed by atoms with E-state index in [-0.39, 0.29) is 12.4 Å². The molecule has 0 bridgehead atoms. The summed E-state index contributed by atoms with van der Waals surface area (Å²) in [4.78, 5) is 13.3. The van der Waals surface area contributed by atoms with Crippen LogP contribution < -0.4 is 4.74 Å². The first-order valence-corrected chi connectivity index (χ1v) is 6.99. The van der Waals surface area contributed by atoms with E-state index in [4.69, 9.17) is 9.47 Å². The van der Waals surface area contributed by atoms with Crippen LogP contribution in [0.25, 0.3) is 0 Å². The minimum Gasteiger partial charge on any atom is -0.508 e. The summed E-state index contributed by atoms with van der Waals surface area (Å²) in [6.45, 7) is 1.01. The zero-order valence-electron chi connectivity index (χ0n) is 12.4. The third-order valence-electron chi connectivity index (χ3n) is 3.05. The van der Waals surface area contributed by atoms with Gasteiger partial charge in [0.15, 0.2) is 0 Å². The number of hydrogen-bond acceptors (Lipinski definition) is 4. The van der Waals surface area contributed by atoms with Crippen molar-refractivity contribution in [3.63, 3.8) is 0 Å². The lowest BCUT2D eigenvalue weighted by molar-refractivity contribution is 0.0994. The number of amides is 1. The lowest BCUT2D eigenvalue weighted by Gasteiger charge is -2.17. The molecule has 5 nitrogen and oxygen atoms in total. The topological polar surface area (TPSA) is 59.0 Å². The average molecular weight is 301 g/mol. The summed E-state index contributed by atoms with van der Waals surface area (Å²) in [5.41, 5.74) is 0.949. The van der Waals surface area contributed by atoms with Crippen LogP contribution in [0.5, 0.6) is 11.5 Å². The summed E-state index contributed by atoms with van der Waals surface area (Å²) in [6, 6.07) is 16.0. The number of rotatable bonds is 6. The number of aromatic hydroxyl groups is 1. The maximum absolute atomic E-state index is 11.8. The standard InChI is InChI=1S/C17H19NO4/c1-18(11-12-21-16-9-7-15(19)8-10-16)17(20)22-13-14-5-3-2-4-6-14/h2-10,19H,11-13H2,1H3. The molecule has 0 radical (unpaired) electrons. The summed E-state index contributed by atoms with van der Waals surface area (Å²) in [6.07, 6.45) is -0.391. The second kappa shape index (κ2) is 7.93. The summed E-state index contributed by atoms with van der Waals surface area (Å²) in [7, 11) is 1.66. The van der Waals surface area contributed by atoms with Crippen LogP contribution >= 0.6 is 0 Å². The minimum atomic E-state index is -0.391. The van der Waals surface area contributed by atoms with Crippen molar-refractivity contribution in [2.45, 2.75) is 6.61 Å². The maximum atomic E-state index is 11.8. The molecule has 0 fully saturated rings. The van der Waals surface area contributed by atoms with Crippen molar-refractivity contribution in [1.82, 2.24) is 4.90 Å². The van der Waals surface area contributed by atoms with Crippen LogP contribution in [-0.4, -0.2) is 36.3 Å². The predicted molar refractivity (Wildman–Crippen MR) is 82.9 cm³/mol. The maximum Gasteiger partial charge on any atom is 0.409 e. The minimum absolute atomic E-state index is 0.189. The SMILES string of the molecule is CN(CCOc1ccc(O)cc1)C(=O)OCc1ccccc1. The molecule has 0 aliphatic heterocycles. The lowest BCUT2D eigenvalue weighted by atomic mass is 10.2. The molecule has 1 N–H and O–H groups in total. The van der Waals surface area contributed by atoms with E-state index in [1.54, 1.807) is 31.3 Å². The van der Waals surface area contributed by atoms with E-state index in [2.05, 4.69) is 0 Å². The third kappa shape index (κ3) is 5.01. The van der Waals surface area contributed by atoms with Gasteiger partial charge >= 0.3 is 6.09 Å². The molecule has 2 rings (SSSR count). The highest BCUT2D eigenvalue weighted by Gasteiger charge is 2.10. The molecule has 0 aliphatic rings. The molecule has 0 unspecified atom stereocenters. The summed E-state index contributed by atoms with van der Waals surface area (Å²) >= 11 is 0. The molecule has 0 saturated carbocycles. The van der Waals surface area contributed by atoms with E-state index >= 15 is 0 Å². The van der Waals surface area contributed by atoms with Crippen molar-refractivity contribution < 1.29 is 19.4 Å². The Bertz CT molecular complexity index is 583. The first-order chi connectivity index (χ1) is 10.6. The second-order valence-corrected chi connectivity index (χ2v) is 4.80. The zero-order valence-corrected chi connectivity index (χ0v) is 12.4. The van der Waals surface area contributed by atoms with Gasteiger partial charge in [-0.3, -0.25) is 0 Å². The Kier molecular flexibility index (Phi) is 5.65. The Labute approximate surface area is 129 Å². The molecular weight excluding hydrogens is 282 g/mol. The van der Waals surface area contributed by atoms with Crippen LogP contribution in [0.2, 0.25) is 0 Å². The number of carbonyl (C=O) groups excluding carboxylic acids is 1. The van der Waals surface area contributed by atoms with Gasteiger partial charge in [0, 0.05) is 7.05 Å². The molecule has 22 heavy (non-hydrogen) atoms. The largest absolute Gasteiger partial charge is 0.508 e. The molecule has 0 aliphatic carbocycles. The van der Waals surface area contributed by atoms with Crippen LogP contribution in [-0.2, 0) is 11.3 Å². The number of nitrogens with zero attached hydrogens (tertiary/aromatic N) is 1. The molecule has 0 heterocycles. The number of likely N-dealkylation sites (N-methyl/N-ethyl adjacent to an activating group) is 1. The van der Waals surface area contributed by atoms with Crippen LogP contribution in [0, 0.1) is 0 Å². The van der Waals surface area contributed by atoms with Crippen molar-refractivity contribution in [3.05, 3.63) is 60.2 Å². The Hall–Kier alpha value is -2.69. The van der Waals surface area contributed by atoms with Crippen molar-refractivity contribution in [2.75, 3.05) is 20.2 Å². The van der Waals surface area contributed by atoms with Gasteiger partial charge in [-0.05, 0) is 29.8 Å². The summed E-state index contributed by atoms with van der Waals surface area (Å²) in [5, 5.41) is 9.17. The van der Waals surface area contributed by atoms with Crippen LogP contribution in [0.15, 0.2) is 54.6 Å². The molecule has 0 spiro atoms. The van der Waals surface area contributed by atoms with Crippen LogP contribution in [0.3, 0.4) is 0 Å². The van der Waals surface area contributed by atoms with Crippen LogP contribution in [0.4, 0.5) is 4.79 Å². The van der Waals surface area contributed by atoms with E-state index in [0.29, 0.717) is 18.9 Å². The van der Waals surface area contributed by atoms with Gasteiger partial charge in [0.2, 0.25) is 0 Å². The number of phenolic OH excluding ortho intramolecular Hbond substituents is 1. The second-order valence-electron chi connectivity index (χ2n) is 4.80. The van der Waals surface area contributed by atoms with Gasteiger partial charge in [0.05, 0.1) is 6.54 Å². The fourth-order valence-electron chi connectivity index (χ4n) is 1.76. The monoisotopic (exact) mass is 301 g/mol. The average Bonchev–Trinajstić information content (AvgIpc) is 2.55. The summed E-state index contributed by atoms with van der Waals surface area (Å²) < 4.78 is 10.7. The number of benzene rings is 2. The van der Waals surface area contributed by atoms with Crippen molar-refractivity contribution >= 4 is 6.09 Å². The molecule has 0 saturated heterocycles. The Balaban J connectivity index is 1.69. The van der Waals surface area contributed by atoms with Crippen LogP contribution in [0.1, 0.15) is 5.56 Å². The molecule has 2 aromatic rings. The first-order valence-electron chi connectivity index (χ1n) is 6.99. The van der Waals surface area contributed by atoms with E-state index in [9.17, 15) is 9.90 Å². The van der Waals surface area contributed by atoms with Gasteiger partial charge in [0.1, 0.15) is 24.7 Å². The third-order valence-corrected chi connectivity index (χ3v) is 3.05. The van der Waals surface area contributed by atoms with Crippen molar-refractivity contribution in [2.24, 2.45) is 0 Å². The molecule has 1 amide bonds. The van der Waals surface area contributed by atoms with Gasteiger partial charge in [0.25, 0.3) is 0 Å². The van der Waals surface area contributed by atoms with Crippen molar-refractivity contribution in [3.8, 4) is 11.5 Å². The first kappa shape index (κ1) is 15.7. The predicted octanol–water partition coefficient (Wildman–Crippen LogP) is 3.04. The fraction of sp³-hybridized carbons (Fsp3) is 0.235. The normalized spacial score (nSPS) is 10.0. The van der Waals surface area contributed by atoms with Gasteiger partial charge < -0.3 is 19.5 Å². The smallest absolute Gasteiger partial charge is 0.409 e. The highest BCUT2D eigenvalue weighted by molar-refractivity contribution is 5.67. The Morgan fingerprint density at radius 3 is 2.45 bits per heavy atom. The lowest BCUT2D eigenvalue weighted by Crippen LogP contribution is -2.31. The molecule has 0 aromatic heterocycles. The van der Waals surface area contributed by atoms with Gasteiger partial charge in [-0.15, -0.1) is 0 Å². The van der Waals surface area contributed by atoms with E-state index in [0.717, 1.165) is 5.56 Å². The molecular formula is C17H19NO4. The summed E-state index contributed by atoms with van der Waals surface area (Å²) in [5.74, 6) is 0.831. The van der Waals surface area contributed by atoms with E-state index in [1.165, 1.54) is 4.90 Å². The Morgan fingerprint density at radius 1 is 1.09 bits per heavy atom. The highest BCUT2D eigenvalue weighted by atomic mass is 16.6. The van der Waals surface area contributed by atoms with E-state index < -0.39 is 6.09 Å². The zero-order chi connectivity index (χ0) is 15.8. The van der Waals surface area contributed by atoms with Gasteiger partial charge in [-0.2, -0.15) is 0 Å². The fourth-order valence-corrected chi connectivity index (χ4v) is 1.76. The molecule has 5 heteroatoms.